The van der Waals surface area contributed by atoms with E-state index in [4.69, 9.17) is 15.9 Å². The molecule has 1 unspecified atom stereocenters. The molecule has 0 aromatic rings. The van der Waals surface area contributed by atoms with Crippen molar-refractivity contribution in [2.75, 3.05) is 27.3 Å². The van der Waals surface area contributed by atoms with Crippen molar-refractivity contribution in [3.8, 4) is 0 Å². The van der Waals surface area contributed by atoms with Gasteiger partial charge in [0, 0.05) is 20.3 Å². The Morgan fingerprint density at radius 3 is 2.62 bits per heavy atom. The molecule has 13 heavy (non-hydrogen) atoms. The topological polar surface area (TPSA) is 62.3 Å². The Labute approximate surface area is 80.6 Å². The fraction of sp³-hybridized carbons (Fsp3) is 0.889. The summed E-state index contributed by atoms with van der Waals surface area (Å²) in [6, 6.07) is 0.0804. The molecular formula is C9H21N3O. The summed E-state index contributed by atoms with van der Waals surface area (Å²) in [6.45, 7) is 3.73. The second-order valence-electron chi connectivity index (χ2n) is 3.21. The molecule has 0 aliphatic rings. The second-order valence-corrected chi connectivity index (χ2v) is 3.21. The van der Waals surface area contributed by atoms with Crippen LogP contribution in [0.15, 0.2) is 0 Å². The lowest BCUT2D eigenvalue weighted by Crippen LogP contribution is -2.42. The normalized spacial score (nSPS) is 13.2. The molecule has 0 amide bonds. The molecule has 78 valence electrons. The number of methoxy groups -OCH3 is 1. The van der Waals surface area contributed by atoms with E-state index in [1.165, 1.54) is 0 Å². The fourth-order valence-electron chi connectivity index (χ4n) is 1.38. The van der Waals surface area contributed by atoms with Crippen LogP contribution >= 0.6 is 0 Å². The number of nitrogens with one attached hydrogen (secondary N) is 1. The highest BCUT2D eigenvalue weighted by Crippen LogP contribution is 2.01. The van der Waals surface area contributed by atoms with Gasteiger partial charge in [-0.2, -0.15) is 0 Å². The van der Waals surface area contributed by atoms with E-state index >= 15 is 0 Å². The van der Waals surface area contributed by atoms with E-state index < -0.39 is 0 Å². The molecule has 3 N–H and O–H groups in total. The first-order chi connectivity index (χ1) is 6.13. The molecule has 0 radical (unpaired) electrons. The van der Waals surface area contributed by atoms with Crippen molar-refractivity contribution in [1.29, 1.82) is 5.41 Å². The van der Waals surface area contributed by atoms with Crippen molar-refractivity contribution in [2.45, 2.75) is 25.8 Å². The zero-order chi connectivity index (χ0) is 10.3. The van der Waals surface area contributed by atoms with E-state index in [0.29, 0.717) is 0 Å². The van der Waals surface area contributed by atoms with E-state index in [-0.39, 0.29) is 11.9 Å². The van der Waals surface area contributed by atoms with Crippen LogP contribution in [0, 0.1) is 5.41 Å². The Morgan fingerprint density at radius 2 is 2.23 bits per heavy atom. The first kappa shape index (κ1) is 12.4. The van der Waals surface area contributed by atoms with Crippen molar-refractivity contribution in [3.63, 3.8) is 0 Å². The van der Waals surface area contributed by atoms with E-state index in [2.05, 4.69) is 4.90 Å². The summed E-state index contributed by atoms with van der Waals surface area (Å²) in [5, 5.41) is 7.37. The summed E-state index contributed by atoms with van der Waals surface area (Å²) in [5.74, 6) is 0.252. The smallest absolute Gasteiger partial charge is 0.108 e. The molecule has 0 heterocycles. The summed E-state index contributed by atoms with van der Waals surface area (Å²) in [5.41, 5.74) is 5.46. The van der Waals surface area contributed by atoms with Crippen LogP contribution in [0.4, 0.5) is 0 Å². The monoisotopic (exact) mass is 187 g/mol. The SMILES string of the molecule is CCC(C(=N)N)N(C)CCCOC. The van der Waals surface area contributed by atoms with Crippen LogP contribution in [0.25, 0.3) is 0 Å². The standard InChI is InChI=1S/C9H21N3O/c1-4-8(9(10)11)12(2)6-5-7-13-3/h8H,4-7H2,1-3H3,(H3,10,11). The molecule has 0 aromatic carbocycles. The molecule has 0 fully saturated rings. The summed E-state index contributed by atoms with van der Waals surface area (Å²) in [4.78, 5) is 2.10. The molecule has 4 heteroatoms. The van der Waals surface area contributed by atoms with Gasteiger partial charge in [-0.25, -0.2) is 0 Å². The molecule has 1 atom stereocenters. The van der Waals surface area contributed by atoms with Gasteiger partial charge < -0.3 is 10.5 Å². The summed E-state index contributed by atoms with van der Waals surface area (Å²) >= 11 is 0. The van der Waals surface area contributed by atoms with Gasteiger partial charge in [0.25, 0.3) is 0 Å². The Hall–Kier alpha value is -0.610. The average molecular weight is 187 g/mol. The largest absolute Gasteiger partial charge is 0.386 e. The minimum Gasteiger partial charge on any atom is -0.386 e. The zero-order valence-corrected chi connectivity index (χ0v) is 8.84. The van der Waals surface area contributed by atoms with Crippen molar-refractivity contribution in [3.05, 3.63) is 0 Å². The fourth-order valence-corrected chi connectivity index (χ4v) is 1.38. The van der Waals surface area contributed by atoms with E-state index in [9.17, 15) is 0 Å². The average Bonchev–Trinajstić information content (AvgIpc) is 2.05. The van der Waals surface area contributed by atoms with Crippen LogP contribution in [0.2, 0.25) is 0 Å². The quantitative estimate of drug-likeness (QED) is 0.350. The summed E-state index contributed by atoms with van der Waals surface area (Å²) in [7, 11) is 3.69. The van der Waals surface area contributed by atoms with Gasteiger partial charge in [0.05, 0.1) is 6.04 Å². The molecule has 0 aromatic heterocycles. The number of hydrogen-bond donors (Lipinski definition) is 2. The third-order valence-electron chi connectivity index (χ3n) is 2.14. The van der Waals surface area contributed by atoms with Crippen LogP contribution < -0.4 is 5.73 Å². The lowest BCUT2D eigenvalue weighted by Gasteiger charge is -2.25. The maximum absolute atomic E-state index is 7.37. The first-order valence-corrected chi connectivity index (χ1v) is 4.66. The molecule has 4 nitrogen and oxygen atoms in total. The van der Waals surface area contributed by atoms with Crippen LogP contribution in [0.1, 0.15) is 19.8 Å². The number of nitrogens with zero attached hydrogens (tertiary/aromatic N) is 1. The zero-order valence-electron chi connectivity index (χ0n) is 8.84. The maximum atomic E-state index is 7.37. The highest BCUT2D eigenvalue weighted by molar-refractivity contribution is 5.82. The molecule has 0 saturated heterocycles. The predicted molar refractivity (Wildman–Crippen MR) is 55.1 cm³/mol. The number of ether oxygens (including phenoxy) is 1. The molecule has 0 aliphatic heterocycles. The molecule has 0 aliphatic carbocycles. The van der Waals surface area contributed by atoms with E-state index in [1.807, 2.05) is 14.0 Å². The number of amidine groups is 1. The Kier molecular flexibility index (Phi) is 6.54. The van der Waals surface area contributed by atoms with Gasteiger partial charge in [0.15, 0.2) is 0 Å². The van der Waals surface area contributed by atoms with Gasteiger partial charge in [-0.1, -0.05) is 6.92 Å². The molecule has 0 saturated carbocycles. The van der Waals surface area contributed by atoms with Gasteiger partial charge >= 0.3 is 0 Å². The maximum Gasteiger partial charge on any atom is 0.108 e. The van der Waals surface area contributed by atoms with Crippen molar-refractivity contribution >= 4 is 5.84 Å². The number of rotatable bonds is 7. The van der Waals surface area contributed by atoms with Gasteiger partial charge in [0.2, 0.25) is 0 Å². The number of nitrogens with two attached hydrogens (primary N) is 1. The lowest BCUT2D eigenvalue weighted by atomic mass is 10.2. The second kappa shape index (κ2) is 6.86. The third-order valence-corrected chi connectivity index (χ3v) is 2.14. The van der Waals surface area contributed by atoms with E-state index in [0.717, 1.165) is 26.0 Å². The van der Waals surface area contributed by atoms with Gasteiger partial charge in [-0.15, -0.1) is 0 Å². The van der Waals surface area contributed by atoms with Gasteiger partial charge in [0.1, 0.15) is 5.84 Å². The predicted octanol–water partition coefficient (Wildman–Crippen LogP) is 0.669. The minimum atomic E-state index is 0.0804. The van der Waals surface area contributed by atoms with Gasteiger partial charge in [-0.05, 0) is 19.9 Å². The van der Waals surface area contributed by atoms with Crippen LogP contribution in [0.3, 0.4) is 0 Å². The van der Waals surface area contributed by atoms with Crippen LogP contribution in [0.5, 0.6) is 0 Å². The van der Waals surface area contributed by atoms with Gasteiger partial charge in [-0.3, -0.25) is 10.3 Å². The molecule has 0 rings (SSSR count). The number of hydrogen-bond acceptors (Lipinski definition) is 3. The van der Waals surface area contributed by atoms with Crippen molar-refractivity contribution in [2.24, 2.45) is 5.73 Å². The summed E-state index contributed by atoms with van der Waals surface area (Å²) in [6.07, 6.45) is 1.87. The molecular weight excluding hydrogens is 166 g/mol. The first-order valence-electron chi connectivity index (χ1n) is 4.66. The lowest BCUT2D eigenvalue weighted by molar-refractivity contribution is 0.174. The Bertz CT molecular complexity index is 150. The highest BCUT2D eigenvalue weighted by atomic mass is 16.5. The Balaban J connectivity index is 3.77. The number of likely N-dealkylation sites (N-methyl/N-ethyl adjacent to an activating group) is 1. The molecule has 0 bridgehead atoms. The molecule has 0 spiro atoms. The van der Waals surface area contributed by atoms with E-state index in [1.54, 1.807) is 7.11 Å². The van der Waals surface area contributed by atoms with Crippen molar-refractivity contribution < 1.29 is 4.74 Å². The highest BCUT2D eigenvalue weighted by Gasteiger charge is 2.14. The summed E-state index contributed by atoms with van der Waals surface area (Å²) < 4.78 is 4.95. The van der Waals surface area contributed by atoms with Crippen LogP contribution in [-0.4, -0.2) is 44.1 Å². The van der Waals surface area contributed by atoms with Crippen molar-refractivity contribution in [1.82, 2.24) is 4.90 Å². The Morgan fingerprint density at radius 1 is 1.62 bits per heavy atom. The third kappa shape index (κ3) is 4.85. The minimum absolute atomic E-state index is 0.0804. The van der Waals surface area contributed by atoms with Crippen LogP contribution in [-0.2, 0) is 4.74 Å².